The molecule has 2 aromatic rings. The Hall–Kier alpha value is -1.93. The van der Waals surface area contributed by atoms with Crippen LogP contribution in [0.2, 0.25) is 0 Å². The van der Waals surface area contributed by atoms with Crippen molar-refractivity contribution in [3.05, 3.63) is 6.20 Å². The second kappa shape index (κ2) is 6.12. The van der Waals surface area contributed by atoms with E-state index < -0.39 is 0 Å². The van der Waals surface area contributed by atoms with E-state index in [1.807, 2.05) is 0 Å². The summed E-state index contributed by atoms with van der Waals surface area (Å²) in [6, 6.07) is 0. The summed E-state index contributed by atoms with van der Waals surface area (Å²) in [4.78, 5) is 8.22. The Labute approximate surface area is 104 Å². The summed E-state index contributed by atoms with van der Waals surface area (Å²) >= 11 is 0. The zero-order valence-corrected chi connectivity index (χ0v) is 10.1. The van der Waals surface area contributed by atoms with E-state index in [0.29, 0.717) is 30.1 Å². The molecule has 8 nitrogen and oxygen atoms in total. The van der Waals surface area contributed by atoms with Crippen LogP contribution in [0, 0.1) is 0 Å². The molecule has 2 aromatic heterocycles. The van der Waals surface area contributed by atoms with Gasteiger partial charge in [-0.3, -0.25) is 10.5 Å². The van der Waals surface area contributed by atoms with Crippen molar-refractivity contribution in [2.24, 2.45) is 5.84 Å². The summed E-state index contributed by atoms with van der Waals surface area (Å²) < 4.78 is 10.9. The Kier molecular flexibility index (Phi) is 4.26. The van der Waals surface area contributed by atoms with E-state index >= 15 is 0 Å². The number of aromatic amines is 1. The highest BCUT2D eigenvalue weighted by atomic mass is 16.5. The van der Waals surface area contributed by atoms with Crippen molar-refractivity contribution in [1.82, 2.24) is 20.2 Å². The van der Waals surface area contributed by atoms with Crippen LogP contribution in [-0.2, 0) is 4.74 Å². The number of nitrogens with two attached hydrogens (primary N) is 1. The Morgan fingerprint density at radius 1 is 1.33 bits per heavy atom. The highest BCUT2D eigenvalue weighted by molar-refractivity contribution is 5.80. The van der Waals surface area contributed by atoms with Gasteiger partial charge in [-0.15, -0.1) is 0 Å². The third-order valence-corrected chi connectivity index (χ3v) is 2.22. The van der Waals surface area contributed by atoms with Gasteiger partial charge in [0.25, 0.3) is 0 Å². The van der Waals surface area contributed by atoms with Gasteiger partial charge in [0.15, 0.2) is 5.65 Å². The van der Waals surface area contributed by atoms with Crippen LogP contribution in [0.1, 0.15) is 13.3 Å². The normalized spacial score (nSPS) is 10.8. The van der Waals surface area contributed by atoms with Crippen LogP contribution in [0.25, 0.3) is 11.0 Å². The number of anilines is 1. The molecule has 18 heavy (non-hydrogen) atoms. The van der Waals surface area contributed by atoms with Gasteiger partial charge in [0, 0.05) is 6.61 Å². The predicted octanol–water partition coefficient (Wildman–Crippen LogP) is 0.444. The zero-order valence-electron chi connectivity index (χ0n) is 10.1. The van der Waals surface area contributed by atoms with Crippen molar-refractivity contribution in [1.29, 1.82) is 0 Å². The molecule has 0 atom stereocenters. The number of hydrazine groups is 1. The molecule has 0 aliphatic heterocycles. The lowest BCUT2D eigenvalue weighted by atomic mass is 10.4. The molecular weight excluding hydrogens is 236 g/mol. The van der Waals surface area contributed by atoms with Crippen LogP contribution in [0.4, 0.5) is 5.95 Å². The maximum atomic E-state index is 5.54. The van der Waals surface area contributed by atoms with E-state index in [4.69, 9.17) is 15.3 Å². The second-order valence-corrected chi connectivity index (χ2v) is 3.59. The van der Waals surface area contributed by atoms with Crippen LogP contribution in [0.15, 0.2) is 6.20 Å². The van der Waals surface area contributed by atoms with Crippen molar-refractivity contribution >= 4 is 17.0 Å². The quantitative estimate of drug-likeness (QED) is 0.372. The molecule has 2 rings (SSSR count). The van der Waals surface area contributed by atoms with Crippen LogP contribution in [0.5, 0.6) is 5.88 Å². The molecule has 0 saturated heterocycles. The van der Waals surface area contributed by atoms with E-state index in [1.54, 1.807) is 6.20 Å². The van der Waals surface area contributed by atoms with Crippen molar-refractivity contribution in [3.63, 3.8) is 0 Å². The lowest BCUT2D eigenvalue weighted by Gasteiger charge is -2.07. The molecule has 0 spiro atoms. The lowest BCUT2D eigenvalue weighted by Crippen LogP contribution is -2.13. The third kappa shape index (κ3) is 2.84. The third-order valence-electron chi connectivity index (χ3n) is 2.22. The van der Waals surface area contributed by atoms with Crippen molar-refractivity contribution in [2.75, 3.05) is 25.2 Å². The number of nitrogens with one attached hydrogen (secondary N) is 2. The van der Waals surface area contributed by atoms with Crippen LogP contribution in [0.3, 0.4) is 0 Å². The standard InChI is InChI=1S/C10H16N6O2/c1-2-3-17-4-5-18-9-7-6-12-16-8(7)13-10(14-9)15-11/h6H,2-5,11H2,1H3,(H2,12,13,14,15,16). The first-order chi connectivity index (χ1) is 8.85. The number of nitrogen functional groups attached to an aromatic ring is 1. The molecule has 0 aromatic carbocycles. The molecule has 0 aliphatic carbocycles. The number of fused-ring (bicyclic) bond motifs is 1. The lowest BCUT2D eigenvalue weighted by molar-refractivity contribution is 0.0996. The monoisotopic (exact) mass is 252 g/mol. The zero-order chi connectivity index (χ0) is 12.8. The van der Waals surface area contributed by atoms with E-state index in [2.05, 4.69) is 32.5 Å². The van der Waals surface area contributed by atoms with Crippen molar-refractivity contribution < 1.29 is 9.47 Å². The summed E-state index contributed by atoms with van der Waals surface area (Å²) in [5.74, 6) is 5.99. The average Bonchev–Trinajstić information content (AvgIpc) is 2.86. The van der Waals surface area contributed by atoms with E-state index in [0.717, 1.165) is 13.0 Å². The number of nitrogens with zero attached hydrogens (tertiary/aromatic N) is 3. The van der Waals surface area contributed by atoms with Crippen LogP contribution in [-0.4, -0.2) is 40.0 Å². The number of hydrogen-bond donors (Lipinski definition) is 3. The largest absolute Gasteiger partial charge is 0.475 e. The molecule has 2 heterocycles. The molecule has 0 unspecified atom stereocenters. The molecule has 0 fully saturated rings. The topological polar surface area (TPSA) is 111 Å². The summed E-state index contributed by atoms with van der Waals surface area (Å²) in [6.07, 6.45) is 2.60. The summed E-state index contributed by atoms with van der Waals surface area (Å²) in [7, 11) is 0. The average molecular weight is 252 g/mol. The fourth-order valence-corrected chi connectivity index (χ4v) is 1.43. The van der Waals surface area contributed by atoms with Gasteiger partial charge >= 0.3 is 0 Å². The molecule has 98 valence electrons. The minimum Gasteiger partial charge on any atom is -0.475 e. The summed E-state index contributed by atoms with van der Waals surface area (Å²) in [5.41, 5.74) is 2.95. The minimum atomic E-state index is 0.274. The highest BCUT2D eigenvalue weighted by Crippen LogP contribution is 2.21. The van der Waals surface area contributed by atoms with Crippen LogP contribution >= 0.6 is 0 Å². The SMILES string of the molecule is CCCOCCOc1nc(NN)nc2[nH]ncc12. The molecule has 0 amide bonds. The summed E-state index contributed by atoms with van der Waals surface area (Å²) in [5, 5.41) is 7.34. The second-order valence-electron chi connectivity index (χ2n) is 3.59. The number of H-pyrrole nitrogens is 1. The van der Waals surface area contributed by atoms with Gasteiger partial charge in [0.1, 0.15) is 12.0 Å². The van der Waals surface area contributed by atoms with Gasteiger partial charge in [-0.1, -0.05) is 6.92 Å². The maximum Gasteiger partial charge on any atom is 0.242 e. The highest BCUT2D eigenvalue weighted by Gasteiger charge is 2.09. The van der Waals surface area contributed by atoms with Crippen molar-refractivity contribution in [2.45, 2.75) is 13.3 Å². The first kappa shape index (κ1) is 12.5. The van der Waals surface area contributed by atoms with Gasteiger partial charge in [-0.25, -0.2) is 5.84 Å². The first-order valence-electron chi connectivity index (χ1n) is 5.73. The Bertz CT molecular complexity index is 500. The fraction of sp³-hybridized carbons (Fsp3) is 0.500. The fourth-order valence-electron chi connectivity index (χ4n) is 1.43. The number of aromatic nitrogens is 4. The molecule has 0 aliphatic rings. The van der Waals surface area contributed by atoms with Crippen molar-refractivity contribution in [3.8, 4) is 5.88 Å². The van der Waals surface area contributed by atoms with E-state index in [1.165, 1.54) is 0 Å². The van der Waals surface area contributed by atoms with Gasteiger partial charge in [-0.05, 0) is 6.42 Å². The molecule has 0 bridgehead atoms. The molecule has 8 heteroatoms. The van der Waals surface area contributed by atoms with Gasteiger partial charge in [0.2, 0.25) is 11.8 Å². The Balaban J connectivity index is 2.04. The van der Waals surface area contributed by atoms with E-state index in [9.17, 15) is 0 Å². The van der Waals surface area contributed by atoms with Gasteiger partial charge in [-0.2, -0.15) is 15.1 Å². The van der Waals surface area contributed by atoms with E-state index in [-0.39, 0.29) is 5.95 Å². The summed E-state index contributed by atoms with van der Waals surface area (Å²) in [6.45, 7) is 3.72. The van der Waals surface area contributed by atoms with Crippen LogP contribution < -0.4 is 16.0 Å². The number of hydrogen-bond acceptors (Lipinski definition) is 7. The molecule has 0 radical (unpaired) electrons. The minimum absolute atomic E-state index is 0.274. The smallest absolute Gasteiger partial charge is 0.242 e. The number of rotatable bonds is 7. The molecule has 4 N–H and O–H groups in total. The van der Waals surface area contributed by atoms with Gasteiger partial charge in [0.05, 0.1) is 12.8 Å². The number of ether oxygens (including phenoxy) is 2. The first-order valence-corrected chi connectivity index (χ1v) is 5.73. The Morgan fingerprint density at radius 3 is 3.00 bits per heavy atom. The Morgan fingerprint density at radius 2 is 2.22 bits per heavy atom. The molecular formula is C10H16N6O2. The molecule has 0 saturated carbocycles. The van der Waals surface area contributed by atoms with Gasteiger partial charge < -0.3 is 9.47 Å². The maximum absolute atomic E-state index is 5.54. The predicted molar refractivity (Wildman–Crippen MR) is 66.1 cm³/mol.